The Bertz CT molecular complexity index is 745. The second kappa shape index (κ2) is 7.56. The molecule has 6 heteroatoms. The van der Waals surface area contributed by atoms with E-state index in [1.165, 1.54) is 24.3 Å². The van der Waals surface area contributed by atoms with Crippen molar-refractivity contribution in [2.24, 2.45) is 0 Å². The molecule has 0 bridgehead atoms. The maximum Gasteiger partial charge on any atom is 0.288 e. The molecule has 0 spiro atoms. The van der Waals surface area contributed by atoms with Gasteiger partial charge >= 0.3 is 0 Å². The van der Waals surface area contributed by atoms with Crippen molar-refractivity contribution in [2.45, 2.75) is 13.0 Å². The molecule has 2 rings (SSSR count). The number of amides is 1. The van der Waals surface area contributed by atoms with E-state index in [9.17, 15) is 14.9 Å². The lowest BCUT2D eigenvalue weighted by Crippen LogP contribution is -2.24. The van der Waals surface area contributed by atoms with E-state index in [2.05, 4.69) is 5.32 Å². The van der Waals surface area contributed by atoms with Gasteiger partial charge in [-0.25, -0.2) is 0 Å². The lowest BCUT2D eigenvalue weighted by molar-refractivity contribution is -0.384. The molecule has 2 aromatic carbocycles. The van der Waals surface area contributed by atoms with Crippen LogP contribution in [0.25, 0.3) is 6.08 Å². The van der Waals surface area contributed by atoms with Gasteiger partial charge in [-0.1, -0.05) is 48.0 Å². The van der Waals surface area contributed by atoms with Crippen LogP contribution in [0.2, 0.25) is 5.02 Å². The van der Waals surface area contributed by atoms with Crippen LogP contribution in [0.3, 0.4) is 0 Å². The summed E-state index contributed by atoms with van der Waals surface area (Å²) in [6, 6.07) is 13.8. The molecule has 2 aromatic rings. The number of nitrogens with one attached hydrogen (secondary N) is 1. The third-order valence-corrected chi connectivity index (χ3v) is 3.57. The molecule has 1 amide bonds. The van der Waals surface area contributed by atoms with Crippen LogP contribution in [-0.4, -0.2) is 10.8 Å². The molecule has 1 N–H and O–H groups in total. The third kappa shape index (κ3) is 4.66. The molecule has 0 radical (unpaired) electrons. The first-order chi connectivity index (χ1) is 11.0. The van der Waals surface area contributed by atoms with Gasteiger partial charge in [0.2, 0.25) is 5.91 Å². The Hall–Kier alpha value is -2.66. The van der Waals surface area contributed by atoms with E-state index < -0.39 is 4.92 Å². The van der Waals surface area contributed by atoms with E-state index in [0.29, 0.717) is 5.56 Å². The molecule has 118 valence electrons. The van der Waals surface area contributed by atoms with Crippen molar-refractivity contribution in [1.29, 1.82) is 0 Å². The SMILES string of the molecule is CC(NC(=O)/C=C/c1ccc(Cl)c([N+](=O)[O-])c1)c1ccccc1. The smallest absolute Gasteiger partial charge is 0.288 e. The molecule has 0 aliphatic heterocycles. The zero-order valence-corrected chi connectivity index (χ0v) is 13.2. The summed E-state index contributed by atoms with van der Waals surface area (Å²) in [6.45, 7) is 1.88. The van der Waals surface area contributed by atoms with Gasteiger partial charge in [-0.05, 0) is 30.2 Å². The predicted octanol–water partition coefficient (Wildman–Crippen LogP) is 4.14. The van der Waals surface area contributed by atoms with Crippen molar-refractivity contribution >= 4 is 29.3 Å². The van der Waals surface area contributed by atoms with Crippen LogP contribution >= 0.6 is 11.6 Å². The normalized spacial score (nSPS) is 12.1. The second-order valence-electron chi connectivity index (χ2n) is 4.94. The maximum absolute atomic E-state index is 11.9. The van der Waals surface area contributed by atoms with E-state index in [4.69, 9.17) is 11.6 Å². The summed E-state index contributed by atoms with van der Waals surface area (Å²) < 4.78 is 0. The average Bonchev–Trinajstić information content (AvgIpc) is 2.54. The molecule has 0 heterocycles. The Morgan fingerprint density at radius 1 is 1.26 bits per heavy atom. The highest BCUT2D eigenvalue weighted by Crippen LogP contribution is 2.25. The van der Waals surface area contributed by atoms with Gasteiger partial charge in [0, 0.05) is 12.1 Å². The second-order valence-corrected chi connectivity index (χ2v) is 5.35. The third-order valence-electron chi connectivity index (χ3n) is 3.25. The molecule has 0 aliphatic rings. The zero-order chi connectivity index (χ0) is 16.8. The minimum Gasteiger partial charge on any atom is -0.346 e. The quantitative estimate of drug-likeness (QED) is 0.508. The van der Waals surface area contributed by atoms with Crippen molar-refractivity contribution in [3.05, 3.63) is 80.9 Å². The van der Waals surface area contributed by atoms with Crippen molar-refractivity contribution < 1.29 is 9.72 Å². The number of benzene rings is 2. The Kier molecular flexibility index (Phi) is 5.49. The predicted molar refractivity (Wildman–Crippen MR) is 90.1 cm³/mol. The highest BCUT2D eigenvalue weighted by Gasteiger charge is 2.12. The maximum atomic E-state index is 11.9. The summed E-state index contributed by atoms with van der Waals surface area (Å²) in [5, 5.41) is 13.7. The molecule has 0 aromatic heterocycles. The topological polar surface area (TPSA) is 72.2 Å². The number of halogens is 1. The number of nitro benzene ring substituents is 1. The Balaban J connectivity index is 2.04. The van der Waals surface area contributed by atoms with Gasteiger partial charge in [-0.2, -0.15) is 0 Å². The lowest BCUT2D eigenvalue weighted by atomic mass is 10.1. The summed E-state index contributed by atoms with van der Waals surface area (Å²) in [4.78, 5) is 22.2. The standard InChI is InChI=1S/C17H15ClN2O3/c1-12(14-5-3-2-4-6-14)19-17(21)10-8-13-7-9-15(18)16(11-13)20(22)23/h2-12H,1H3,(H,19,21)/b10-8+. The van der Waals surface area contributed by atoms with Gasteiger partial charge in [-0.3, -0.25) is 14.9 Å². The van der Waals surface area contributed by atoms with Crippen LogP contribution in [0, 0.1) is 10.1 Å². The molecule has 1 unspecified atom stereocenters. The zero-order valence-electron chi connectivity index (χ0n) is 12.4. The summed E-state index contributed by atoms with van der Waals surface area (Å²) in [6.07, 6.45) is 2.85. The van der Waals surface area contributed by atoms with Crippen molar-refractivity contribution in [3.8, 4) is 0 Å². The molecule has 0 saturated carbocycles. The van der Waals surface area contributed by atoms with E-state index in [1.54, 1.807) is 6.07 Å². The largest absolute Gasteiger partial charge is 0.346 e. The molecule has 0 aliphatic carbocycles. The highest BCUT2D eigenvalue weighted by atomic mass is 35.5. The van der Waals surface area contributed by atoms with Crippen LogP contribution in [0.5, 0.6) is 0 Å². The Morgan fingerprint density at radius 2 is 1.96 bits per heavy atom. The fourth-order valence-electron chi connectivity index (χ4n) is 2.03. The molecule has 5 nitrogen and oxygen atoms in total. The molecule has 1 atom stereocenters. The van der Waals surface area contributed by atoms with Gasteiger partial charge in [0.25, 0.3) is 5.69 Å². The summed E-state index contributed by atoms with van der Waals surface area (Å²) in [5.74, 6) is -0.279. The number of nitrogens with zero attached hydrogens (tertiary/aromatic N) is 1. The van der Waals surface area contributed by atoms with E-state index >= 15 is 0 Å². The Labute approximate surface area is 138 Å². The number of nitro groups is 1. The molecule has 0 saturated heterocycles. The van der Waals surface area contributed by atoms with Crippen LogP contribution in [0.4, 0.5) is 5.69 Å². The summed E-state index contributed by atoms with van der Waals surface area (Å²) >= 11 is 5.75. The number of carbonyl (C=O) groups excluding carboxylic acids is 1. The first-order valence-electron chi connectivity index (χ1n) is 6.95. The van der Waals surface area contributed by atoms with Crippen LogP contribution in [0.15, 0.2) is 54.6 Å². The van der Waals surface area contributed by atoms with Crippen molar-refractivity contribution in [2.75, 3.05) is 0 Å². The van der Waals surface area contributed by atoms with Crippen LogP contribution in [0.1, 0.15) is 24.1 Å². The molecule has 0 fully saturated rings. The van der Waals surface area contributed by atoms with E-state index in [0.717, 1.165) is 5.56 Å². The minimum absolute atomic E-state index is 0.0642. The van der Waals surface area contributed by atoms with Crippen molar-refractivity contribution in [1.82, 2.24) is 5.32 Å². The van der Waals surface area contributed by atoms with E-state index in [-0.39, 0.29) is 22.7 Å². The number of hydrogen-bond donors (Lipinski definition) is 1. The molecular weight excluding hydrogens is 316 g/mol. The van der Waals surface area contributed by atoms with Gasteiger partial charge in [-0.15, -0.1) is 0 Å². The van der Waals surface area contributed by atoms with Gasteiger partial charge in [0.05, 0.1) is 11.0 Å². The monoisotopic (exact) mass is 330 g/mol. The summed E-state index contributed by atoms with van der Waals surface area (Å²) in [7, 11) is 0. The number of hydrogen-bond acceptors (Lipinski definition) is 3. The first kappa shape index (κ1) is 16.7. The van der Waals surface area contributed by atoms with Crippen LogP contribution in [-0.2, 0) is 4.79 Å². The fraction of sp³-hybridized carbons (Fsp3) is 0.118. The van der Waals surface area contributed by atoms with Gasteiger partial charge < -0.3 is 5.32 Å². The lowest BCUT2D eigenvalue weighted by Gasteiger charge is -2.12. The van der Waals surface area contributed by atoms with Crippen LogP contribution < -0.4 is 5.32 Å². The van der Waals surface area contributed by atoms with E-state index in [1.807, 2.05) is 37.3 Å². The number of carbonyl (C=O) groups is 1. The van der Waals surface area contributed by atoms with Gasteiger partial charge in [0.15, 0.2) is 0 Å². The minimum atomic E-state index is -0.558. The molecule has 23 heavy (non-hydrogen) atoms. The fourth-order valence-corrected chi connectivity index (χ4v) is 2.22. The first-order valence-corrected chi connectivity index (χ1v) is 7.32. The van der Waals surface area contributed by atoms with Crippen molar-refractivity contribution in [3.63, 3.8) is 0 Å². The average molecular weight is 331 g/mol. The Morgan fingerprint density at radius 3 is 2.61 bits per heavy atom. The number of rotatable bonds is 5. The highest BCUT2D eigenvalue weighted by molar-refractivity contribution is 6.32. The molecular formula is C17H15ClN2O3. The summed E-state index contributed by atoms with van der Waals surface area (Å²) in [5.41, 5.74) is 1.34. The van der Waals surface area contributed by atoms with Gasteiger partial charge in [0.1, 0.15) is 5.02 Å².